The molecule has 1 aliphatic heterocycles. The Labute approximate surface area is 137 Å². The van der Waals surface area contributed by atoms with Crippen LogP contribution in [0.15, 0.2) is 6.07 Å². The van der Waals surface area contributed by atoms with E-state index in [0.29, 0.717) is 29.4 Å². The summed E-state index contributed by atoms with van der Waals surface area (Å²) in [6.07, 6.45) is 0.123. The third kappa shape index (κ3) is 2.43. The van der Waals surface area contributed by atoms with Crippen molar-refractivity contribution in [2.45, 2.75) is 51.7 Å². The van der Waals surface area contributed by atoms with Gasteiger partial charge in [-0.05, 0) is 31.6 Å². The van der Waals surface area contributed by atoms with Crippen LogP contribution < -0.4 is 4.90 Å². The van der Waals surface area contributed by atoms with Crippen molar-refractivity contribution >= 4 is 11.6 Å². The normalized spacial score (nSPS) is 27.7. The largest absolute Gasteiger partial charge is 0.453 e. The van der Waals surface area contributed by atoms with Gasteiger partial charge < -0.3 is 4.90 Å². The fraction of sp³-hybridized carbons (Fsp3) is 0.688. The summed E-state index contributed by atoms with van der Waals surface area (Å²) >= 11 is 0. The zero-order valence-electron chi connectivity index (χ0n) is 13.7. The average molecular weight is 339 g/mol. The Morgan fingerprint density at radius 1 is 1.17 bits per heavy atom. The van der Waals surface area contributed by atoms with Gasteiger partial charge in [-0.3, -0.25) is 0 Å². The topological polar surface area (TPSA) is 46.3 Å². The molecule has 4 rings (SSSR count). The molecule has 1 saturated heterocycles. The Kier molecular flexibility index (Phi) is 3.47. The van der Waals surface area contributed by atoms with E-state index in [1.54, 1.807) is 6.92 Å². The fourth-order valence-corrected chi connectivity index (χ4v) is 4.33. The van der Waals surface area contributed by atoms with Gasteiger partial charge in [0, 0.05) is 24.3 Å². The quantitative estimate of drug-likeness (QED) is 0.798. The molecule has 3 heterocycles. The van der Waals surface area contributed by atoms with Crippen molar-refractivity contribution in [3.8, 4) is 0 Å². The third-order valence-electron chi connectivity index (χ3n) is 5.37. The highest BCUT2D eigenvalue weighted by atomic mass is 19.4. The highest BCUT2D eigenvalue weighted by Crippen LogP contribution is 2.42. The average Bonchev–Trinajstić information content (AvgIpc) is 3.08. The van der Waals surface area contributed by atoms with Crippen LogP contribution in [0.1, 0.15) is 44.1 Å². The number of fused-ring (bicyclic) bond motifs is 2. The maximum Gasteiger partial charge on any atom is 0.453 e. The molecule has 130 valence electrons. The molecule has 0 bridgehead atoms. The minimum atomic E-state index is -4.56. The second-order valence-corrected chi connectivity index (χ2v) is 7.05. The summed E-state index contributed by atoms with van der Waals surface area (Å²) in [4.78, 5) is 9.94. The Balaban J connectivity index is 1.82. The molecule has 5 nitrogen and oxygen atoms in total. The van der Waals surface area contributed by atoms with Crippen LogP contribution in [0.5, 0.6) is 0 Å². The van der Waals surface area contributed by atoms with E-state index in [9.17, 15) is 13.2 Å². The number of hydrogen-bond donors (Lipinski definition) is 0. The third-order valence-corrected chi connectivity index (χ3v) is 5.37. The van der Waals surface area contributed by atoms with Crippen LogP contribution in [-0.2, 0) is 6.18 Å². The highest BCUT2D eigenvalue weighted by molar-refractivity contribution is 5.50. The summed E-state index contributed by atoms with van der Waals surface area (Å²) in [6, 6.07) is 2.20. The molecule has 2 fully saturated rings. The van der Waals surface area contributed by atoms with Gasteiger partial charge in [0.05, 0.1) is 0 Å². The second-order valence-electron chi connectivity index (χ2n) is 7.05. The summed E-state index contributed by atoms with van der Waals surface area (Å²) in [5.74, 6) is 0.706. The molecular formula is C16H20F3N5. The van der Waals surface area contributed by atoms with E-state index < -0.39 is 12.0 Å². The molecule has 3 unspecified atom stereocenters. The van der Waals surface area contributed by atoms with Gasteiger partial charge >= 0.3 is 6.18 Å². The van der Waals surface area contributed by atoms with Crippen molar-refractivity contribution in [1.82, 2.24) is 19.6 Å². The van der Waals surface area contributed by atoms with Crippen LogP contribution in [0.4, 0.5) is 19.0 Å². The first-order chi connectivity index (χ1) is 11.3. The van der Waals surface area contributed by atoms with Gasteiger partial charge in [-0.2, -0.15) is 22.7 Å². The first kappa shape index (κ1) is 15.7. The van der Waals surface area contributed by atoms with Crippen molar-refractivity contribution in [2.24, 2.45) is 11.8 Å². The van der Waals surface area contributed by atoms with E-state index in [1.807, 2.05) is 6.07 Å². The smallest absolute Gasteiger partial charge is 0.353 e. The van der Waals surface area contributed by atoms with E-state index in [4.69, 9.17) is 0 Å². The molecule has 2 aromatic heterocycles. The van der Waals surface area contributed by atoms with E-state index in [-0.39, 0.29) is 5.78 Å². The van der Waals surface area contributed by atoms with E-state index in [2.05, 4.69) is 26.9 Å². The lowest BCUT2D eigenvalue weighted by Gasteiger charge is -2.33. The molecule has 2 aliphatic rings. The predicted octanol–water partition coefficient (Wildman–Crippen LogP) is 3.47. The van der Waals surface area contributed by atoms with Gasteiger partial charge in [0.15, 0.2) is 0 Å². The van der Waals surface area contributed by atoms with Crippen LogP contribution in [0.25, 0.3) is 5.78 Å². The van der Waals surface area contributed by atoms with Crippen LogP contribution in [0, 0.1) is 18.8 Å². The molecule has 8 heteroatoms. The van der Waals surface area contributed by atoms with E-state index >= 15 is 0 Å². The summed E-state index contributed by atoms with van der Waals surface area (Å²) in [7, 11) is 0. The molecule has 1 saturated carbocycles. The van der Waals surface area contributed by atoms with Gasteiger partial charge in [0.2, 0.25) is 0 Å². The molecule has 0 N–H and O–H groups in total. The molecule has 0 radical (unpaired) electrons. The number of rotatable bonds is 1. The first-order valence-corrected chi connectivity index (χ1v) is 8.43. The van der Waals surface area contributed by atoms with Gasteiger partial charge in [0.25, 0.3) is 11.6 Å². The number of aryl methyl sites for hydroxylation is 1. The predicted molar refractivity (Wildman–Crippen MR) is 82.8 cm³/mol. The SMILES string of the molecule is Cc1cc(N2CC(C)C3CCCCC32)n2nc(C(F)(F)F)nc2n1. The number of nitrogens with zero attached hydrogens (tertiary/aromatic N) is 5. The van der Waals surface area contributed by atoms with Crippen molar-refractivity contribution in [3.05, 3.63) is 17.6 Å². The summed E-state index contributed by atoms with van der Waals surface area (Å²) < 4.78 is 40.2. The van der Waals surface area contributed by atoms with E-state index in [0.717, 1.165) is 13.0 Å². The van der Waals surface area contributed by atoms with Gasteiger partial charge in [-0.15, -0.1) is 5.10 Å². The number of hydrogen-bond acceptors (Lipinski definition) is 4. The molecular weight excluding hydrogens is 319 g/mol. The highest BCUT2D eigenvalue weighted by Gasteiger charge is 2.42. The lowest BCUT2D eigenvalue weighted by Crippen LogP contribution is -2.36. The molecule has 24 heavy (non-hydrogen) atoms. The van der Waals surface area contributed by atoms with Crippen molar-refractivity contribution < 1.29 is 13.2 Å². The molecule has 0 aromatic carbocycles. The van der Waals surface area contributed by atoms with Crippen molar-refractivity contribution in [2.75, 3.05) is 11.4 Å². The number of halogens is 3. The van der Waals surface area contributed by atoms with Gasteiger partial charge in [-0.25, -0.2) is 4.98 Å². The van der Waals surface area contributed by atoms with Crippen LogP contribution in [-0.4, -0.2) is 32.2 Å². The molecule has 0 amide bonds. The van der Waals surface area contributed by atoms with Crippen LogP contribution >= 0.6 is 0 Å². The van der Waals surface area contributed by atoms with Gasteiger partial charge in [-0.1, -0.05) is 19.8 Å². The number of alkyl halides is 3. The minimum Gasteiger partial charge on any atom is -0.353 e. The Hall–Kier alpha value is -1.86. The summed E-state index contributed by atoms with van der Waals surface area (Å²) in [5, 5.41) is 3.71. The molecule has 1 aliphatic carbocycles. The summed E-state index contributed by atoms with van der Waals surface area (Å²) in [5.41, 5.74) is 0.658. The maximum absolute atomic E-state index is 13.0. The number of aromatic nitrogens is 4. The minimum absolute atomic E-state index is 0.0178. The molecule has 3 atom stereocenters. The lowest BCUT2D eigenvalue weighted by molar-refractivity contribution is -0.144. The Morgan fingerprint density at radius 2 is 1.92 bits per heavy atom. The van der Waals surface area contributed by atoms with Crippen LogP contribution in [0.3, 0.4) is 0 Å². The monoisotopic (exact) mass is 339 g/mol. The maximum atomic E-state index is 13.0. The van der Waals surface area contributed by atoms with Crippen molar-refractivity contribution in [3.63, 3.8) is 0 Å². The standard InChI is InChI=1S/C16H20F3N5/c1-9-8-23(12-6-4-3-5-11(9)12)13-7-10(2)20-15-21-14(16(17,18)19)22-24(13)15/h7,9,11-12H,3-6,8H2,1-2H3. The zero-order chi connectivity index (χ0) is 17.1. The second kappa shape index (κ2) is 5.32. The van der Waals surface area contributed by atoms with Gasteiger partial charge in [0.1, 0.15) is 5.82 Å². The van der Waals surface area contributed by atoms with Crippen molar-refractivity contribution in [1.29, 1.82) is 0 Å². The Bertz CT molecular complexity index is 769. The first-order valence-electron chi connectivity index (χ1n) is 8.43. The Morgan fingerprint density at radius 3 is 2.67 bits per heavy atom. The number of anilines is 1. The molecule has 0 spiro atoms. The lowest BCUT2D eigenvalue weighted by atomic mass is 9.80. The van der Waals surface area contributed by atoms with Crippen LogP contribution in [0.2, 0.25) is 0 Å². The fourth-order valence-electron chi connectivity index (χ4n) is 4.33. The van der Waals surface area contributed by atoms with E-state index in [1.165, 1.54) is 23.8 Å². The zero-order valence-corrected chi connectivity index (χ0v) is 13.7. The molecule has 2 aromatic rings. The summed E-state index contributed by atoms with van der Waals surface area (Å²) in [6.45, 7) is 4.86.